The summed E-state index contributed by atoms with van der Waals surface area (Å²) in [5, 5.41) is 3.42. The third-order valence-electron chi connectivity index (χ3n) is 4.68. The molecule has 3 rings (SSSR count). The minimum absolute atomic E-state index is 0.251. The van der Waals surface area contributed by atoms with Crippen LogP contribution in [-0.4, -0.2) is 11.8 Å². The Labute approximate surface area is 158 Å². The maximum absolute atomic E-state index is 12.3. The van der Waals surface area contributed by atoms with E-state index in [1.807, 2.05) is 12.1 Å². The Morgan fingerprint density at radius 1 is 1.15 bits per heavy atom. The van der Waals surface area contributed by atoms with Crippen molar-refractivity contribution in [1.82, 2.24) is 0 Å². The molecule has 0 aliphatic heterocycles. The standard InChI is InChI=1S/C21H24N2O2S/c1-13(2)15-10-7-14(8-11-15)9-12-18(24)23-21-19(20(22)25)16-5-3-4-6-17(16)26-21/h7-13H,3-6H2,1-2H3,(H2,22,25)(H,23,24)/b12-9-. The van der Waals surface area contributed by atoms with E-state index in [9.17, 15) is 9.59 Å². The first-order valence-electron chi connectivity index (χ1n) is 8.99. The topological polar surface area (TPSA) is 72.2 Å². The van der Waals surface area contributed by atoms with E-state index in [2.05, 4.69) is 31.3 Å². The van der Waals surface area contributed by atoms with Crippen LogP contribution in [0.15, 0.2) is 30.3 Å². The summed E-state index contributed by atoms with van der Waals surface area (Å²) < 4.78 is 0. The number of aryl methyl sites for hydroxylation is 1. The number of thiophene rings is 1. The van der Waals surface area contributed by atoms with Gasteiger partial charge < -0.3 is 11.1 Å². The Morgan fingerprint density at radius 3 is 2.50 bits per heavy atom. The lowest BCUT2D eigenvalue weighted by Crippen LogP contribution is -2.17. The van der Waals surface area contributed by atoms with E-state index < -0.39 is 5.91 Å². The molecule has 26 heavy (non-hydrogen) atoms. The van der Waals surface area contributed by atoms with E-state index in [0.29, 0.717) is 16.5 Å². The molecule has 1 heterocycles. The highest BCUT2D eigenvalue weighted by Gasteiger charge is 2.24. The molecule has 0 atom stereocenters. The zero-order valence-electron chi connectivity index (χ0n) is 15.2. The second-order valence-electron chi connectivity index (χ2n) is 6.92. The van der Waals surface area contributed by atoms with Crippen molar-refractivity contribution in [3.63, 3.8) is 0 Å². The van der Waals surface area contributed by atoms with E-state index in [1.165, 1.54) is 27.9 Å². The molecule has 0 saturated heterocycles. The Hall–Kier alpha value is -2.40. The lowest BCUT2D eigenvalue weighted by molar-refractivity contribution is -0.111. The van der Waals surface area contributed by atoms with Crippen LogP contribution >= 0.6 is 11.3 Å². The van der Waals surface area contributed by atoms with Crippen molar-refractivity contribution in [2.45, 2.75) is 45.4 Å². The number of nitrogens with one attached hydrogen (secondary N) is 1. The molecule has 5 heteroatoms. The Kier molecular flexibility index (Phi) is 5.57. The second kappa shape index (κ2) is 7.87. The van der Waals surface area contributed by atoms with Crippen molar-refractivity contribution in [1.29, 1.82) is 0 Å². The molecule has 1 aliphatic carbocycles. The third kappa shape index (κ3) is 4.05. The fourth-order valence-corrected chi connectivity index (χ4v) is 4.53. The van der Waals surface area contributed by atoms with Crippen LogP contribution in [0.1, 0.15) is 64.5 Å². The molecular weight excluding hydrogens is 344 g/mol. The van der Waals surface area contributed by atoms with Gasteiger partial charge in [0.2, 0.25) is 5.91 Å². The number of nitrogens with two attached hydrogens (primary N) is 1. The largest absolute Gasteiger partial charge is 0.365 e. The number of carbonyl (C=O) groups is 2. The van der Waals surface area contributed by atoms with Crippen LogP contribution in [0.25, 0.3) is 6.08 Å². The van der Waals surface area contributed by atoms with Crippen LogP contribution in [0, 0.1) is 0 Å². The Bertz CT molecular complexity index is 848. The molecule has 136 valence electrons. The predicted octanol–water partition coefficient (Wildman–Crippen LogP) is 4.50. The first-order chi connectivity index (χ1) is 12.5. The summed E-state index contributed by atoms with van der Waals surface area (Å²) in [6.45, 7) is 4.30. The molecule has 0 saturated carbocycles. The van der Waals surface area contributed by atoms with Crippen LogP contribution < -0.4 is 11.1 Å². The normalized spacial score (nSPS) is 13.8. The van der Waals surface area contributed by atoms with E-state index >= 15 is 0 Å². The minimum atomic E-state index is -0.465. The highest BCUT2D eigenvalue weighted by Crippen LogP contribution is 2.37. The molecule has 2 amide bonds. The van der Waals surface area contributed by atoms with Crippen LogP contribution in [0.3, 0.4) is 0 Å². The van der Waals surface area contributed by atoms with Crippen LogP contribution in [0.2, 0.25) is 0 Å². The molecule has 0 bridgehead atoms. The minimum Gasteiger partial charge on any atom is -0.365 e. The number of anilines is 1. The lowest BCUT2D eigenvalue weighted by atomic mass is 9.95. The van der Waals surface area contributed by atoms with Gasteiger partial charge in [-0.3, -0.25) is 9.59 Å². The number of hydrogen-bond acceptors (Lipinski definition) is 3. The number of carbonyl (C=O) groups excluding carboxylic acids is 2. The maximum atomic E-state index is 12.3. The number of rotatable bonds is 5. The van der Waals surface area contributed by atoms with Crippen LogP contribution in [-0.2, 0) is 17.6 Å². The van der Waals surface area contributed by atoms with Gasteiger partial charge in [0.05, 0.1) is 5.56 Å². The van der Waals surface area contributed by atoms with Gasteiger partial charge in [-0.1, -0.05) is 38.1 Å². The zero-order valence-corrected chi connectivity index (χ0v) is 16.0. The third-order valence-corrected chi connectivity index (χ3v) is 5.89. The van der Waals surface area contributed by atoms with E-state index in [0.717, 1.165) is 36.8 Å². The fourth-order valence-electron chi connectivity index (χ4n) is 3.23. The van der Waals surface area contributed by atoms with Crippen molar-refractivity contribution in [3.8, 4) is 0 Å². The second-order valence-corrected chi connectivity index (χ2v) is 8.03. The lowest BCUT2D eigenvalue weighted by Gasteiger charge is -2.11. The summed E-state index contributed by atoms with van der Waals surface area (Å²) in [5.74, 6) is -0.236. The number of benzene rings is 1. The fraction of sp³-hybridized carbons (Fsp3) is 0.333. The molecule has 0 unspecified atom stereocenters. The monoisotopic (exact) mass is 368 g/mol. The number of hydrogen-bond donors (Lipinski definition) is 2. The molecule has 1 aromatic heterocycles. The average molecular weight is 369 g/mol. The van der Waals surface area contributed by atoms with Gasteiger partial charge in [0, 0.05) is 11.0 Å². The highest BCUT2D eigenvalue weighted by atomic mass is 32.1. The highest BCUT2D eigenvalue weighted by molar-refractivity contribution is 7.17. The summed E-state index contributed by atoms with van der Waals surface area (Å²) in [5.41, 5.74) is 9.31. The van der Waals surface area contributed by atoms with Gasteiger partial charge in [0.15, 0.2) is 0 Å². The van der Waals surface area contributed by atoms with Crippen molar-refractivity contribution < 1.29 is 9.59 Å². The predicted molar refractivity (Wildman–Crippen MR) is 108 cm³/mol. The maximum Gasteiger partial charge on any atom is 0.251 e. The molecule has 1 aromatic carbocycles. The molecule has 1 aliphatic rings. The SMILES string of the molecule is CC(C)c1ccc(/C=C\C(=O)Nc2sc3c(c2C(N)=O)CCCC3)cc1. The smallest absolute Gasteiger partial charge is 0.251 e. The first-order valence-corrected chi connectivity index (χ1v) is 9.80. The summed E-state index contributed by atoms with van der Waals surface area (Å²) in [6.07, 6.45) is 7.26. The summed E-state index contributed by atoms with van der Waals surface area (Å²) in [7, 11) is 0. The molecular formula is C21H24N2O2S. The molecule has 4 nitrogen and oxygen atoms in total. The van der Waals surface area contributed by atoms with Crippen molar-refractivity contribution >= 4 is 34.2 Å². The first kappa shape index (κ1) is 18.4. The average Bonchev–Trinajstić information content (AvgIpc) is 2.98. The van der Waals surface area contributed by atoms with Crippen LogP contribution in [0.5, 0.6) is 0 Å². The Balaban J connectivity index is 1.74. The van der Waals surface area contributed by atoms with Gasteiger partial charge >= 0.3 is 0 Å². The van der Waals surface area contributed by atoms with Crippen molar-refractivity contribution in [2.24, 2.45) is 5.73 Å². The molecule has 0 radical (unpaired) electrons. The number of primary amides is 1. The molecule has 0 fully saturated rings. The summed E-state index contributed by atoms with van der Waals surface area (Å²) in [6, 6.07) is 8.14. The molecule has 3 N–H and O–H groups in total. The van der Waals surface area contributed by atoms with Crippen molar-refractivity contribution in [3.05, 3.63) is 57.5 Å². The van der Waals surface area contributed by atoms with Gasteiger partial charge in [-0.2, -0.15) is 0 Å². The van der Waals surface area contributed by atoms with E-state index in [1.54, 1.807) is 6.08 Å². The van der Waals surface area contributed by atoms with Crippen molar-refractivity contribution in [2.75, 3.05) is 5.32 Å². The number of fused-ring (bicyclic) bond motifs is 1. The van der Waals surface area contributed by atoms with Gasteiger partial charge in [-0.15, -0.1) is 11.3 Å². The van der Waals surface area contributed by atoms with Gasteiger partial charge in [0.25, 0.3) is 5.91 Å². The molecule has 0 spiro atoms. The van der Waals surface area contributed by atoms with Gasteiger partial charge in [-0.25, -0.2) is 0 Å². The quantitative estimate of drug-likeness (QED) is 0.763. The zero-order chi connectivity index (χ0) is 18.7. The van der Waals surface area contributed by atoms with E-state index in [-0.39, 0.29) is 5.91 Å². The summed E-state index contributed by atoms with van der Waals surface area (Å²) >= 11 is 1.48. The van der Waals surface area contributed by atoms with E-state index in [4.69, 9.17) is 5.73 Å². The van der Waals surface area contributed by atoms with Gasteiger partial charge in [-0.05, 0) is 54.4 Å². The number of amides is 2. The van der Waals surface area contributed by atoms with Gasteiger partial charge in [0.1, 0.15) is 5.00 Å². The summed E-state index contributed by atoms with van der Waals surface area (Å²) in [4.78, 5) is 25.3. The molecule has 2 aromatic rings. The van der Waals surface area contributed by atoms with Crippen LogP contribution in [0.4, 0.5) is 5.00 Å². The Morgan fingerprint density at radius 2 is 1.85 bits per heavy atom.